The lowest BCUT2D eigenvalue weighted by molar-refractivity contribution is -0.120. The molecule has 1 fully saturated rings. The summed E-state index contributed by atoms with van der Waals surface area (Å²) in [6.45, 7) is 1.63. The predicted octanol–water partition coefficient (Wildman–Crippen LogP) is 0.768. The van der Waals surface area contributed by atoms with Crippen molar-refractivity contribution in [2.45, 2.75) is 6.61 Å². The van der Waals surface area contributed by atoms with Gasteiger partial charge < -0.3 is 15.3 Å². The van der Waals surface area contributed by atoms with Crippen molar-refractivity contribution >= 4 is 23.2 Å². The van der Waals surface area contributed by atoms with Gasteiger partial charge in [0, 0.05) is 29.4 Å². The standard InChI is InChI=1S/C11H13ClN2O2/c12-9-1-2-10(8(5-9)7-15)14-4-3-13-11(16)6-14/h1-2,5,15H,3-4,6-7H2,(H,13,16). The van der Waals surface area contributed by atoms with Crippen LogP contribution >= 0.6 is 11.6 Å². The van der Waals surface area contributed by atoms with Crippen LogP contribution in [0.3, 0.4) is 0 Å². The molecule has 0 aromatic heterocycles. The molecule has 1 aromatic rings. The van der Waals surface area contributed by atoms with E-state index in [9.17, 15) is 9.90 Å². The van der Waals surface area contributed by atoms with E-state index < -0.39 is 0 Å². The molecule has 1 aromatic carbocycles. The van der Waals surface area contributed by atoms with Crippen molar-refractivity contribution in [1.29, 1.82) is 0 Å². The lowest BCUT2D eigenvalue weighted by atomic mass is 10.1. The molecule has 2 N–H and O–H groups in total. The van der Waals surface area contributed by atoms with E-state index in [1.165, 1.54) is 0 Å². The highest BCUT2D eigenvalue weighted by Crippen LogP contribution is 2.24. The monoisotopic (exact) mass is 240 g/mol. The Bertz CT molecular complexity index is 409. The third-order valence-electron chi connectivity index (χ3n) is 2.59. The molecule has 5 heteroatoms. The predicted molar refractivity (Wildman–Crippen MR) is 62.6 cm³/mol. The quantitative estimate of drug-likeness (QED) is 0.803. The van der Waals surface area contributed by atoms with Crippen molar-refractivity contribution in [3.05, 3.63) is 28.8 Å². The van der Waals surface area contributed by atoms with Crippen LogP contribution in [-0.4, -0.2) is 30.6 Å². The maximum absolute atomic E-state index is 11.3. The SMILES string of the molecule is O=C1CN(c2ccc(Cl)cc2CO)CCN1. The van der Waals surface area contributed by atoms with Crippen molar-refractivity contribution in [2.75, 3.05) is 24.5 Å². The number of piperazine rings is 1. The van der Waals surface area contributed by atoms with Gasteiger partial charge in [-0.05, 0) is 18.2 Å². The van der Waals surface area contributed by atoms with E-state index in [2.05, 4.69) is 5.32 Å². The van der Waals surface area contributed by atoms with Crippen LogP contribution in [0.15, 0.2) is 18.2 Å². The molecule has 0 aliphatic carbocycles. The average molecular weight is 241 g/mol. The van der Waals surface area contributed by atoms with Gasteiger partial charge in [-0.2, -0.15) is 0 Å². The van der Waals surface area contributed by atoms with Crippen LogP contribution in [0.4, 0.5) is 5.69 Å². The fourth-order valence-electron chi connectivity index (χ4n) is 1.83. The zero-order valence-corrected chi connectivity index (χ0v) is 9.50. The van der Waals surface area contributed by atoms with Gasteiger partial charge in [-0.1, -0.05) is 11.6 Å². The maximum atomic E-state index is 11.3. The van der Waals surface area contributed by atoms with Crippen LogP contribution in [0.2, 0.25) is 5.02 Å². The van der Waals surface area contributed by atoms with Gasteiger partial charge in [0.25, 0.3) is 0 Å². The highest BCUT2D eigenvalue weighted by atomic mass is 35.5. The van der Waals surface area contributed by atoms with Crippen LogP contribution in [0.25, 0.3) is 0 Å². The fraction of sp³-hybridized carbons (Fsp3) is 0.364. The minimum atomic E-state index is -0.0754. The number of amides is 1. The highest BCUT2D eigenvalue weighted by Gasteiger charge is 2.18. The molecule has 1 saturated heterocycles. The largest absolute Gasteiger partial charge is 0.392 e. The Hall–Kier alpha value is -1.26. The van der Waals surface area contributed by atoms with Gasteiger partial charge in [0.05, 0.1) is 13.2 Å². The van der Waals surface area contributed by atoms with Crippen molar-refractivity contribution in [1.82, 2.24) is 5.32 Å². The number of benzene rings is 1. The number of carbonyl (C=O) groups excluding carboxylic acids is 1. The second-order valence-electron chi connectivity index (χ2n) is 3.70. The topological polar surface area (TPSA) is 52.6 Å². The van der Waals surface area contributed by atoms with E-state index in [0.717, 1.165) is 17.8 Å². The Kier molecular flexibility index (Phi) is 3.31. The van der Waals surface area contributed by atoms with E-state index in [4.69, 9.17) is 11.6 Å². The van der Waals surface area contributed by atoms with Gasteiger partial charge in [0.1, 0.15) is 0 Å². The summed E-state index contributed by atoms with van der Waals surface area (Å²) in [7, 11) is 0. The average Bonchev–Trinajstić information content (AvgIpc) is 2.28. The molecular weight excluding hydrogens is 228 g/mol. The van der Waals surface area contributed by atoms with Crippen molar-refractivity contribution in [3.8, 4) is 0 Å². The van der Waals surface area contributed by atoms with E-state index in [0.29, 0.717) is 18.1 Å². The Morgan fingerprint density at radius 2 is 2.31 bits per heavy atom. The van der Waals surface area contributed by atoms with Gasteiger partial charge in [-0.15, -0.1) is 0 Å². The lowest BCUT2D eigenvalue weighted by Gasteiger charge is -2.30. The van der Waals surface area contributed by atoms with Crippen LogP contribution in [0.1, 0.15) is 5.56 Å². The van der Waals surface area contributed by atoms with Crippen molar-refractivity contribution in [3.63, 3.8) is 0 Å². The number of halogens is 1. The van der Waals surface area contributed by atoms with Crippen LogP contribution in [0, 0.1) is 0 Å². The maximum Gasteiger partial charge on any atom is 0.239 e. The first-order valence-corrected chi connectivity index (χ1v) is 5.49. The molecule has 2 rings (SSSR count). The van der Waals surface area contributed by atoms with Gasteiger partial charge in [0.15, 0.2) is 0 Å². The molecule has 0 bridgehead atoms. The number of aliphatic hydroxyl groups excluding tert-OH is 1. The molecule has 1 amide bonds. The smallest absolute Gasteiger partial charge is 0.239 e. The molecule has 1 aliphatic rings. The molecule has 0 saturated carbocycles. The van der Waals surface area contributed by atoms with Crippen LogP contribution in [-0.2, 0) is 11.4 Å². The molecular formula is C11H13ClN2O2. The third-order valence-corrected chi connectivity index (χ3v) is 2.83. The summed E-state index contributed by atoms with van der Waals surface area (Å²) in [5.74, 6) is 0.00471. The molecule has 0 radical (unpaired) electrons. The molecule has 16 heavy (non-hydrogen) atoms. The minimum Gasteiger partial charge on any atom is -0.392 e. The number of rotatable bonds is 2. The lowest BCUT2D eigenvalue weighted by Crippen LogP contribution is -2.48. The summed E-state index contributed by atoms with van der Waals surface area (Å²) in [5, 5.41) is 12.6. The molecule has 4 nitrogen and oxygen atoms in total. The molecule has 1 heterocycles. The molecule has 0 atom stereocenters. The molecule has 0 spiro atoms. The van der Waals surface area contributed by atoms with E-state index in [1.807, 2.05) is 11.0 Å². The first kappa shape index (κ1) is 11.2. The Morgan fingerprint density at radius 3 is 3.00 bits per heavy atom. The number of nitrogens with zero attached hydrogens (tertiary/aromatic N) is 1. The molecule has 86 valence electrons. The number of aliphatic hydroxyl groups is 1. The van der Waals surface area contributed by atoms with Gasteiger partial charge in [-0.25, -0.2) is 0 Å². The summed E-state index contributed by atoms with van der Waals surface area (Å²) in [6.07, 6.45) is 0. The molecule has 1 aliphatic heterocycles. The summed E-state index contributed by atoms with van der Waals surface area (Å²) in [5.41, 5.74) is 1.63. The van der Waals surface area contributed by atoms with E-state index in [-0.39, 0.29) is 12.5 Å². The summed E-state index contributed by atoms with van der Waals surface area (Å²) in [4.78, 5) is 13.2. The number of hydrogen-bond acceptors (Lipinski definition) is 3. The summed E-state index contributed by atoms with van der Waals surface area (Å²) >= 11 is 5.85. The number of anilines is 1. The first-order valence-electron chi connectivity index (χ1n) is 5.11. The van der Waals surface area contributed by atoms with E-state index >= 15 is 0 Å². The number of carbonyl (C=O) groups is 1. The summed E-state index contributed by atoms with van der Waals surface area (Å²) < 4.78 is 0. The number of hydrogen-bond donors (Lipinski definition) is 2. The second kappa shape index (κ2) is 4.72. The van der Waals surface area contributed by atoms with Crippen LogP contribution < -0.4 is 10.2 Å². The minimum absolute atomic E-state index is 0.00471. The van der Waals surface area contributed by atoms with Crippen LogP contribution in [0.5, 0.6) is 0 Å². The zero-order valence-electron chi connectivity index (χ0n) is 8.74. The highest BCUT2D eigenvalue weighted by molar-refractivity contribution is 6.30. The van der Waals surface area contributed by atoms with Gasteiger partial charge in [-0.3, -0.25) is 4.79 Å². The first-order chi connectivity index (χ1) is 7.70. The summed E-state index contributed by atoms with van der Waals surface area (Å²) in [6, 6.07) is 5.33. The Labute approximate surface area is 98.8 Å². The Balaban J connectivity index is 2.28. The van der Waals surface area contributed by atoms with Crippen molar-refractivity contribution in [2.24, 2.45) is 0 Å². The number of nitrogens with one attached hydrogen (secondary N) is 1. The van der Waals surface area contributed by atoms with E-state index in [1.54, 1.807) is 12.1 Å². The fourth-order valence-corrected chi connectivity index (χ4v) is 2.03. The third kappa shape index (κ3) is 2.28. The van der Waals surface area contributed by atoms with Gasteiger partial charge >= 0.3 is 0 Å². The molecule has 0 unspecified atom stereocenters. The van der Waals surface area contributed by atoms with Gasteiger partial charge in [0.2, 0.25) is 5.91 Å². The normalized spacial score (nSPS) is 16.1. The second-order valence-corrected chi connectivity index (χ2v) is 4.14. The van der Waals surface area contributed by atoms with Crippen molar-refractivity contribution < 1.29 is 9.90 Å². The Morgan fingerprint density at radius 1 is 1.50 bits per heavy atom. The zero-order chi connectivity index (χ0) is 11.5.